The highest BCUT2D eigenvalue weighted by Crippen LogP contribution is 2.20. The van der Waals surface area contributed by atoms with Crippen LogP contribution in [0.25, 0.3) is 10.8 Å². The number of aromatic nitrogens is 2. The molecular formula is C24H20N2O3. The van der Waals surface area contributed by atoms with E-state index in [4.69, 9.17) is 4.74 Å². The Labute approximate surface area is 168 Å². The van der Waals surface area contributed by atoms with E-state index < -0.39 is 5.97 Å². The van der Waals surface area contributed by atoms with Crippen LogP contribution in [-0.2, 0) is 6.54 Å². The third-order valence-corrected chi connectivity index (χ3v) is 4.64. The maximum atomic E-state index is 13.0. The first kappa shape index (κ1) is 18.6. The van der Waals surface area contributed by atoms with E-state index >= 15 is 0 Å². The molecule has 0 spiro atoms. The lowest BCUT2D eigenvalue weighted by atomic mass is 10.1. The molecule has 5 nitrogen and oxygen atoms in total. The summed E-state index contributed by atoms with van der Waals surface area (Å²) in [4.78, 5) is 25.9. The van der Waals surface area contributed by atoms with Gasteiger partial charge in [-0.25, -0.2) is 9.48 Å². The molecule has 0 saturated carbocycles. The van der Waals surface area contributed by atoms with Gasteiger partial charge in [-0.3, -0.25) is 4.79 Å². The van der Waals surface area contributed by atoms with Crippen molar-refractivity contribution >= 4 is 16.7 Å². The van der Waals surface area contributed by atoms with Crippen molar-refractivity contribution in [3.05, 3.63) is 106 Å². The lowest BCUT2D eigenvalue weighted by molar-refractivity contribution is 0.0728. The molecule has 29 heavy (non-hydrogen) atoms. The van der Waals surface area contributed by atoms with Crippen LogP contribution in [0, 0.1) is 13.8 Å². The van der Waals surface area contributed by atoms with Gasteiger partial charge in [0.15, 0.2) is 5.69 Å². The van der Waals surface area contributed by atoms with Crippen LogP contribution in [0.15, 0.2) is 77.6 Å². The number of nitrogens with zero attached hydrogens (tertiary/aromatic N) is 2. The van der Waals surface area contributed by atoms with Crippen molar-refractivity contribution < 1.29 is 9.53 Å². The number of carbonyl (C=O) groups is 1. The number of carbonyl (C=O) groups excluding carboxylic acids is 1. The van der Waals surface area contributed by atoms with Crippen molar-refractivity contribution in [1.29, 1.82) is 0 Å². The van der Waals surface area contributed by atoms with Crippen molar-refractivity contribution in [3.8, 4) is 5.75 Å². The van der Waals surface area contributed by atoms with E-state index in [2.05, 4.69) is 5.10 Å². The Morgan fingerprint density at radius 3 is 2.21 bits per heavy atom. The highest BCUT2D eigenvalue weighted by Gasteiger charge is 2.19. The predicted molar refractivity (Wildman–Crippen MR) is 112 cm³/mol. The highest BCUT2D eigenvalue weighted by atomic mass is 16.5. The van der Waals surface area contributed by atoms with Crippen LogP contribution in [-0.4, -0.2) is 15.7 Å². The summed E-state index contributed by atoms with van der Waals surface area (Å²) >= 11 is 0. The molecule has 4 aromatic rings. The molecule has 4 rings (SSSR count). The van der Waals surface area contributed by atoms with Crippen molar-refractivity contribution in [2.75, 3.05) is 0 Å². The largest absolute Gasteiger partial charge is 0.422 e. The predicted octanol–water partition coefficient (Wildman–Crippen LogP) is 4.28. The van der Waals surface area contributed by atoms with Gasteiger partial charge in [0, 0.05) is 5.39 Å². The van der Waals surface area contributed by atoms with E-state index in [1.54, 1.807) is 36.4 Å². The molecule has 1 heterocycles. The van der Waals surface area contributed by atoms with E-state index in [1.165, 1.54) is 4.68 Å². The molecule has 0 N–H and O–H groups in total. The number of ether oxygens (including phenoxy) is 1. The average molecular weight is 384 g/mol. The fourth-order valence-electron chi connectivity index (χ4n) is 3.40. The molecule has 0 aliphatic heterocycles. The van der Waals surface area contributed by atoms with Gasteiger partial charge in [0.1, 0.15) is 5.75 Å². The Kier molecular flexibility index (Phi) is 4.96. The number of rotatable bonds is 4. The molecule has 144 valence electrons. The molecule has 0 atom stereocenters. The molecular weight excluding hydrogens is 364 g/mol. The highest BCUT2D eigenvalue weighted by molar-refractivity contribution is 6.02. The average Bonchev–Trinajstić information content (AvgIpc) is 2.70. The maximum absolute atomic E-state index is 13.0. The number of esters is 1. The van der Waals surface area contributed by atoms with Gasteiger partial charge in [-0.15, -0.1) is 0 Å². The first-order chi connectivity index (χ1) is 14.0. The Morgan fingerprint density at radius 2 is 1.52 bits per heavy atom. The zero-order valence-electron chi connectivity index (χ0n) is 16.3. The van der Waals surface area contributed by atoms with Gasteiger partial charge in [-0.2, -0.15) is 5.10 Å². The van der Waals surface area contributed by atoms with Gasteiger partial charge in [-0.05, 0) is 48.7 Å². The Balaban J connectivity index is 1.79. The second kappa shape index (κ2) is 7.72. The van der Waals surface area contributed by atoms with Crippen molar-refractivity contribution in [1.82, 2.24) is 9.78 Å². The van der Waals surface area contributed by atoms with Gasteiger partial charge >= 0.3 is 5.97 Å². The molecule has 0 unspecified atom stereocenters. The minimum Gasteiger partial charge on any atom is -0.422 e. The summed E-state index contributed by atoms with van der Waals surface area (Å²) in [6.45, 7) is 4.16. The van der Waals surface area contributed by atoms with Crippen LogP contribution in [0.5, 0.6) is 5.75 Å². The van der Waals surface area contributed by atoms with E-state index in [1.807, 2.05) is 50.2 Å². The van der Waals surface area contributed by atoms with Crippen LogP contribution in [0.4, 0.5) is 0 Å². The summed E-state index contributed by atoms with van der Waals surface area (Å²) in [7, 11) is 0. The van der Waals surface area contributed by atoms with Crippen LogP contribution in [0.2, 0.25) is 0 Å². The molecule has 1 aromatic heterocycles. The summed E-state index contributed by atoms with van der Waals surface area (Å²) in [6.07, 6.45) is 0. The normalized spacial score (nSPS) is 10.8. The first-order valence-electron chi connectivity index (χ1n) is 9.35. The standard InChI is InChI=1S/C24H20N2O3/c1-16-12-17(2)14-19(13-16)29-24(28)22-20-10-6-7-11-21(20)23(27)26(25-22)15-18-8-4-3-5-9-18/h3-14H,15H2,1-2H3. The number of fused-ring (bicyclic) bond motifs is 1. The van der Waals surface area contributed by atoms with E-state index in [9.17, 15) is 9.59 Å². The van der Waals surface area contributed by atoms with E-state index in [0.29, 0.717) is 16.5 Å². The van der Waals surface area contributed by atoms with Crippen molar-refractivity contribution in [3.63, 3.8) is 0 Å². The van der Waals surface area contributed by atoms with Gasteiger partial charge in [0.2, 0.25) is 0 Å². The second-order valence-corrected chi connectivity index (χ2v) is 7.06. The zero-order chi connectivity index (χ0) is 20.4. The number of hydrogen-bond donors (Lipinski definition) is 0. The van der Waals surface area contributed by atoms with Gasteiger partial charge < -0.3 is 4.74 Å². The minimum atomic E-state index is -0.590. The molecule has 0 aliphatic carbocycles. The molecule has 0 fully saturated rings. The molecule has 0 amide bonds. The third kappa shape index (κ3) is 3.94. The minimum absolute atomic E-state index is 0.121. The Hall–Kier alpha value is -3.73. The number of hydrogen-bond acceptors (Lipinski definition) is 4. The Morgan fingerprint density at radius 1 is 0.897 bits per heavy atom. The van der Waals surface area contributed by atoms with Crippen LogP contribution in [0.3, 0.4) is 0 Å². The van der Waals surface area contributed by atoms with Crippen LogP contribution >= 0.6 is 0 Å². The summed E-state index contributed by atoms with van der Waals surface area (Å²) in [6, 6.07) is 22.1. The summed E-state index contributed by atoms with van der Waals surface area (Å²) in [5.41, 5.74) is 2.80. The molecule has 5 heteroatoms. The number of aryl methyl sites for hydroxylation is 2. The van der Waals surface area contributed by atoms with Crippen LogP contribution < -0.4 is 10.3 Å². The van der Waals surface area contributed by atoms with Crippen molar-refractivity contribution in [2.24, 2.45) is 0 Å². The van der Waals surface area contributed by atoms with Gasteiger partial charge in [0.05, 0.1) is 11.9 Å². The lowest BCUT2D eigenvalue weighted by Crippen LogP contribution is -2.27. The SMILES string of the molecule is Cc1cc(C)cc(OC(=O)c2nn(Cc3ccccc3)c(=O)c3ccccc23)c1. The zero-order valence-corrected chi connectivity index (χ0v) is 16.3. The fourth-order valence-corrected chi connectivity index (χ4v) is 3.40. The first-order valence-corrected chi connectivity index (χ1v) is 9.35. The monoisotopic (exact) mass is 384 g/mol. The quantitative estimate of drug-likeness (QED) is 0.389. The molecule has 0 saturated heterocycles. The molecule has 0 aliphatic rings. The number of benzene rings is 3. The summed E-state index contributed by atoms with van der Waals surface area (Å²) in [5, 5.41) is 5.28. The van der Waals surface area contributed by atoms with Gasteiger partial charge in [0.25, 0.3) is 5.56 Å². The Bertz CT molecular complexity index is 1240. The fraction of sp³-hybridized carbons (Fsp3) is 0.125. The van der Waals surface area contributed by atoms with Crippen molar-refractivity contribution in [2.45, 2.75) is 20.4 Å². The lowest BCUT2D eigenvalue weighted by Gasteiger charge is -2.11. The van der Waals surface area contributed by atoms with E-state index in [-0.39, 0.29) is 17.8 Å². The summed E-state index contributed by atoms with van der Waals surface area (Å²) < 4.78 is 6.91. The molecule has 3 aromatic carbocycles. The van der Waals surface area contributed by atoms with Crippen LogP contribution in [0.1, 0.15) is 27.2 Å². The van der Waals surface area contributed by atoms with E-state index in [0.717, 1.165) is 16.7 Å². The van der Waals surface area contributed by atoms with Gasteiger partial charge in [-0.1, -0.05) is 54.6 Å². The third-order valence-electron chi connectivity index (χ3n) is 4.64. The summed E-state index contributed by atoms with van der Waals surface area (Å²) in [5.74, 6) is -0.132. The smallest absolute Gasteiger partial charge is 0.364 e. The molecule has 0 radical (unpaired) electrons. The second-order valence-electron chi connectivity index (χ2n) is 7.06. The maximum Gasteiger partial charge on any atom is 0.364 e. The topological polar surface area (TPSA) is 61.2 Å². The molecule has 0 bridgehead atoms.